The van der Waals surface area contributed by atoms with Crippen LogP contribution in [0.2, 0.25) is 0 Å². The summed E-state index contributed by atoms with van der Waals surface area (Å²) in [6.07, 6.45) is -1.89. The summed E-state index contributed by atoms with van der Waals surface area (Å²) >= 11 is 3.82. The van der Waals surface area contributed by atoms with E-state index in [4.69, 9.17) is 27.4 Å². The number of carboxylic acid groups (broad SMARTS) is 2. The second kappa shape index (κ2) is 15.4. The zero-order chi connectivity index (χ0) is 26.4. The fourth-order valence-electron chi connectivity index (χ4n) is 2.53. The number of carbonyl (C=O) groups excluding carboxylic acids is 5. The first-order valence-electron chi connectivity index (χ1n) is 10.1. The SMILES string of the molecule is NC(=O)CCC(N)C(=O)NC(CCC(=O)O)C(=O)NC(CCC(N)=O)C(=O)NC(CS)C(=O)O. The standard InChI is InChI=1S/C18H30N6O9S/c19-8(1-4-12(20)25)15(29)22-10(3-6-14(27)28)16(30)23-9(2-5-13(21)26)17(31)24-11(7-34)18(32)33/h8-11,34H,1-7,19H2,(H2,20,25)(H2,21,26)(H,22,29)(H,23,30)(H,24,31)(H,27,28)(H,32,33). The summed E-state index contributed by atoms with van der Waals surface area (Å²) in [7, 11) is 0. The number of hydrogen-bond donors (Lipinski definition) is 9. The summed E-state index contributed by atoms with van der Waals surface area (Å²) in [5, 5.41) is 24.7. The molecule has 192 valence electrons. The normalized spacial score (nSPS) is 14.1. The molecule has 0 aliphatic carbocycles. The van der Waals surface area contributed by atoms with E-state index in [9.17, 15) is 33.6 Å². The van der Waals surface area contributed by atoms with E-state index in [1.54, 1.807) is 0 Å². The van der Waals surface area contributed by atoms with Crippen molar-refractivity contribution in [2.24, 2.45) is 17.2 Å². The number of amides is 5. The average molecular weight is 507 g/mol. The van der Waals surface area contributed by atoms with Crippen LogP contribution in [0.25, 0.3) is 0 Å². The molecule has 0 aromatic rings. The van der Waals surface area contributed by atoms with Crippen molar-refractivity contribution in [1.82, 2.24) is 16.0 Å². The highest BCUT2D eigenvalue weighted by Gasteiger charge is 2.30. The van der Waals surface area contributed by atoms with Gasteiger partial charge in [0.1, 0.15) is 18.1 Å². The highest BCUT2D eigenvalue weighted by Crippen LogP contribution is 2.05. The van der Waals surface area contributed by atoms with Gasteiger partial charge in [0, 0.05) is 25.0 Å². The van der Waals surface area contributed by atoms with E-state index < -0.39 is 72.1 Å². The maximum absolute atomic E-state index is 12.8. The van der Waals surface area contributed by atoms with Gasteiger partial charge < -0.3 is 43.4 Å². The number of aliphatic carboxylic acids is 2. The second-order valence-electron chi connectivity index (χ2n) is 7.25. The summed E-state index contributed by atoms with van der Waals surface area (Å²) in [5.74, 6) is -7.24. The van der Waals surface area contributed by atoms with Crippen LogP contribution in [0.15, 0.2) is 0 Å². The van der Waals surface area contributed by atoms with Crippen LogP contribution < -0.4 is 33.2 Å². The van der Waals surface area contributed by atoms with Crippen molar-refractivity contribution < 1.29 is 43.8 Å². The van der Waals surface area contributed by atoms with Crippen LogP contribution in [0, 0.1) is 0 Å². The van der Waals surface area contributed by atoms with Crippen LogP contribution in [-0.2, 0) is 33.6 Å². The number of hydrogen-bond acceptors (Lipinski definition) is 9. The molecule has 4 atom stereocenters. The Labute approximate surface area is 199 Å². The zero-order valence-electron chi connectivity index (χ0n) is 18.2. The number of primary amides is 2. The summed E-state index contributed by atoms with van der Waals surface area (Å²) in [4.78, 5) is 81.7. The molecule has 0 aromatic carbocycles. The molecular formula is C18H30N6O9S. The molecule has 11 N–H and O–H groups in total. The van der Waals surface area contributed by atoms with Crippen molar-refractivity contribution in [3.05, 3.63) is 0 Å². The Morgan fingerprint density at radius 2 is 1.09 bits per heavy atom. The Bertz CT molecular complexity index is 794. The van der Waals surface area contributed by atoms with Gasteiger partial charge in [-0.2, -0.15) is 12.6 Å². The third kappa shape index (κ3) is 12.6. The van der Waals surface area contributed by atoms with Crippen molar-refractivity contribution >= 4 is 54.1 Å². The van der Waals surface area contributed by atoms with Gasteiger partial charge in [-0.05, 0) is 19.3 Å². The average Bonchev–Trinajstić information content (AvgIpc) is 2.74. The van der Waals surface area contributed by atoms with Gasteiger partial charge in [-0.3, -0.25) is 28.8 Å². The van der Waals surface area contributed by atoms with Gasteiger partial charge in [-0.25, -0.2) is 4.79 Å². The predicted molar refractivity (Wildman–Crippen MR) is 119 cm³/mol. The minimum atomic E-state index is -1.45. The maximum Gasteiger partial charge on any atom is 0.327 e. The third-order valence-corrected chi connectivity index (χ3v) is 4.79. The van der Waals surface area contributed by atoms with E-state index in [1.165, 1.54) is 0 Å². The van der Waals surface area contributed by atoms with Gasteiger partial charge in [0.15, 0.2) is 0 Å². The van der Waals surface area contributed by atoms with Gasteiger partial charge >= 0.3 is 11.9 Å². The van der Waals surface area contributed by atoms with Crippen molar-refractivity contribution in [1.29, 1.82) is 0 Å². The van der Waals surface area contributed by atoms with Gasteiger partial charge in [-0.1, -0.05) is 0 Å². The lowest BCUT2D eigenvalue weighted by atomic mass is 10.1. The predicted octanol–water partition coefficient (Wildman–Crippen LogP) is -3.82. The van der Waals surface area contributed by atoms with E-state index in [0.29, 0.717) is 0 Å². The van der Waals surface area contributed by atoms with E-state index in [1.807, 2.05) is 0 Å². The molecule has 0 radical (unpaired) electrons. The Morgan fingerprint density at radius 1 is 0.676 bits per heavy atom. The summed E-state index contributed by atoms with van der Waals surface area (Å²) in [6, 6.07) is -5.51. The van der Waals surface area contributed by atoms with Crippen LogP contribution in [0.1, 0.15) is 38.5 Å². The third-order valence-electron chi connectivity index (χ3n) is 4.43. The summed E-state index contributed by atoms with van der Waals surface area (Å²) < 4.78 is 0. The number of nitrogens with two attached hydrogens (primary N) is 3. The number of thiol groups is 1. The van der Waals surface area contributed by atoms with Gasteiger partial charge in [0.05, 0.1) is 6.04 Å². The van der Waals surface area contributed by atoms with E-state index in [-0.39, 0.29) is 37.9 Å². The Kier molecular flexibility index (Phi) is 13.9. The highest BCUT2D eigenvalue weighted by atomic mass is 32.1. The lowest BCUT2D eigenvalue weighted by molar-refractivity contribution is -0.141. The molecule has 0 heterocycles. The maximum atomic E-state index is 12.8. The van der Waals surface area contributed by atoms with E-state index >= 15 is 0 Å². The molecule has 0 aromatic heterocycles. The fraction of sp³-hybridized carbons (Fsp3) is 0.611. The number of nitrogens with one attached hydrogen (secondary N) is 3. The van der Waals surface area contributed by atoms with Crippen molar-refractivity contribution in [2.45, 2.75) is 62.7 Å². The zero-order valence-corrected chi connectivity index (χ0v) is 19.1. The molecule has 0 fully saturated rings. The fourth-order valence-corrected chi connectivity index (χ4v) is 2.78. The Hall–Kier alpha value is -3.40. The highest BCUT2D eigenvalue weighted by molar-refractivity contribution is 7.80. The first-order valence-corrected chi connectivity index (χ1v) is 10.7. The summed E-state index contributed by atoms with van der Waals surface area (Å²) in [5.41, 5.74) is 15.7. The summed E-state index contributed by atoms with van der Waals surface area (Å²) in [6.45, 7) is 0. The molecule has 16 heteroatoms. The van der Waals surface area contributed by atoms with Crippen molar-refractivity contribution in [3.63, 3.8) is 0 Å². The number of carboxylic acids is 2. The second-order valence-corrected chi connectivity index (χ2v) is 7.62. The van der Waals surface area contributed by atoms with Crippen LogP contribution in [0.4, 0.5) is 0 Å². The van der Waals surface area contributed by atoms with Crippen LogP contribution in [-0.4, -0.2) is 81.6 Å². The van der Waals surface area contributed by atoms with Gasteiger partial charge in [0.25, 0.3) is 0 Å². The number of rotatable bonds is 17. The quantitative estimate of drug-likeness (QED) is 0.0867. The lowest BCUT2D eigenvalue weighted by Gasteiger charge is -2.24. The Balaban J connectivity index is 5.52. The lowest BCUT2D eigenvalue weighted by Crippen LogP contribution is -2.57. The van der Waals surface area contributed by atoms with Gasteiger partial charge in [-0.15, -0.1) is 0 Å². The smallest absolute Gasteiger partial charge is 0.327 e. The molecule has 4 unspecified atom stereocenters. The molecule has 15 nitrogen and oxygen atoms in total. The minimum absolute atomic E-state index is 0.127. The van der Waals surface area contributed by atoms with E-state index in [0.717, 1.165) is 0 Å². The molecule has 0 saturated heterocycles. The van der Waals surface area contributed by atoms with Crippen LogP contribution in [0.5, 0.6) is 0 Å². The Morgan fingerprint density at radius 3 is 1.50 bits per heavy atom. The van der Waals surface area contributed by atoms with Gasteiger partial charge in [0.2, 0.25) is 29.5 Å². The molecule has 34 heavy (non-hydrogen) atoms. The molecule has 5 amide bonds. The first-order chi connectivity index (χ1) is 15.8. The molecule has 0 saturated carbocycles. The number of carbonyl (C=O) groups is 7. The molecule has 0 bridgehead atoms. The first kappa shape index (κ1) is 30.6. The monoisotopic (exact) mass is 506 g/mol. The molecule has 0 aliphatic heterocycles. The molecule has 0 rings (SSSR count). The topological polar surface area (TPSA) is 274 Å². The van der Waals surface area contributed by atoms with Crippen molar-refractivity contribution in [3.8, 4) is 0 Å². The molecule has 0 spiro atoms. The van der Waals surface area contributed by atoms with Crippen LogP contribution >= 0.6 is 12.6 Å². The minimum Gasteiger partial charge on any atom is -0.481 e. The molecule has 0 aliphatic rings. The van der Waals surface area contributed by atoms with Crippen molar-refractivity contribution in [2.75, 3.05) is 5.75 Å². The largest absolute Gasteiger partial charge is 0.481 e. The van der Waals surface area contributed by atoms with Crippen LogP contribution in [0.3, 0.4) is 0 Å². The molecular weight excluding hydrogens is 476 g/mol. The van der Waals surface area contributed by atoms with E-state index in [2.05, 4.69) is 28.6 Å².